The Labute approximate surface area is 113 Å². The van der Waals surface area contributed by atoms with Crippen LogP contribution >= 0.6 is 0 Å². The largest absolute Gasteiger partial charge is 0.385 e. The predicted octanol–water partition coefficient (Wildman–Crippen LogP) is 2.54. The molecule has 1 fully saturated rings. The Morgan fingerprint density at radius 3 is 3.00 bits per heavy atom. The minimum absolute atomic E-state index is 0.401. The van der Waals surface area contributed by atoms with Crippen molar-refractivity contribution < 1.29 is 5.11 Å². The molecule has 1 aliphatic rings. The van der Waals surface area contributed by atoms with Crippen LogP contribution in [0.5, 0.6) is 0 Å². The highest BCUT2D eigenvalue weighted by Gasteiger charge is 2.36. The van der Waals surface area contributed by atoms with Gasteiger partial charge in [-0.3, -0.25) is 4.98 Å². The summed E-state index contributed by atoms with van der Waals surface area (Å²) in [4.78, 5) is 6.68. The van der Waals surface area contributed by atoms with Crippen molar-refractivity contribution >= 4 is 10.9 Å². The fraction of sp³-hybridized carbons (Fsp3) is 0.438. The molecule has 100 valence electrons. The van der Waals surface area contributed by atoms with E-state index in [1.807, 2.05) is 24.3 Å². The quantitative estimate of drug-likeness (QED) is 0.852. The summed E-state index contributed by atoms with van der Waals surface area (Å²) in [6.07, 6.45) is 3.36. The van der Waals surface area contributed by atoms with Gasteiger partial charge in [0, 0.05) is 24.2 Å². The Kier molecular flexibility index (Phi) is 3.03. The zero-order valence-electron chi connectivity index (χ0n) is 11.5. The Bertz CT molecular complexity index is 598. The molecule has 1 saturated heterocycles. The molecule has 0 bridgehead atoms. The third-order valence-corrected chi connectivity index (χ3v) is 4.41. The van der Waals surface area contributed by atoms with E-state index in [0.29, 0.717) is 6.04 Å². The molecule has 1 aromatic carbocycles. The highest BCUT2D eigenvalue weighted by Crippen LogP contribution is 2.36. The molecule has 1 aliphatic heterocycles. The molecule has 0 saturated carbocycles. The van der Waals surface area contributed by atoms with Gasteiger partial charge in [-0.05, 0) is 44.5 Å². The fourth-order valence-corrected chi connectivity index (χ4v) is 2.95. The van der Waals surface area contributed by atoms with E-state index in [9.17, 15) is 5.11 Å². The summed E-state index contributed by atoms with van der Waals surface area (Å²) in [5, 5.41) is 12.1. The number of nitrogens with zero attached hydrogens (tertiary/aromatic N) is 2. The van der Waals surface area contributed by atoms with E-state index in [1.165, 1.54) is 0 Å². The molecular formula is C16H20N2O. The summed E-state index contributed by atoms with van der Waals surface area (Å²) < 4.78 is 0. The van der Waals surface area contributed by atoms with E-state index in [2.05, 4.69) is 29.9 Å². The Morgan fingerprint density at radius 2 is 2.21 bits per heavy atom. The topological polar surface area (TPSA) is 36.4 Å². The van der Waals surface area contributed by atoms with Gasteiger partial charge in [-0.2, -0.15) is 0 Å². The third kappa shape index (κ3) is 2.24. The smallest absolute Gasteiger partial charge is 0.0924 e. The van der Waals surface area contributed by atoms with Crippen LogP contribution in [-0.2, 0) is 5.60 Å². The maximum absolute atomic E-state index is 10.9. The molecule has 3 nitrogen and oxygen atoms in total. The summed E-state index contributed by atoms with van der Waals surface area (Å²) in [6, 6.07) is 10.5. The Balaban J connectivity index is 1.99. The Morgan fingerprint density at radius 1 is 1.37 bits per heavy atom. The third-order valence-electron chi connectivity index (χ3n) is 4.41. The molecule has 0 amide bonds. The molecule has 1 N–H and O–H groups in total. The molecule has 2 heterocycles. The van der Waals surface area contributed by atoms with Crippen LogP contribution in [0.2, 0.25) is 0 Å². The monoisotopic (exact) mass is 256 g/mol. The first kappa shape index (κ1) is 12.6. The van der Waals surface area contributed by atoms with E-state index >= 15 is 0 Å². The van der Waals surface area contributed by atoms with Crippen molar-refractivity contribution in [3.63, 3.8) is 0 Å². The van der Waals surface area contributed by atoms with Crippen molar-refractivity contribution in [2.24, 2.45) is 0 Å². The normalized spacial score (nSPS) is 28.7. The van der Waals surface area contributed by atoms with Gasteiger partial charge in [0.05, 0.1) is 11.1 Å². The van der Waals surface area contributed by atoms with Crippen LogP contribution in [-0.4, -0.2) is 34.6 Å². The molecule has 2 atom stereocenters. The number of piperidine rings is 1. The van der Waals surface area contributed by atoms with Crippen molar-refractivity contribution in [2.45, 2.75) is 31.4 Å². The van der Waals surface area contributed by atoms with Crippen LogP contribution in [0.3, 0.4) is 0 Å². The van der Waals surface area contributed by atoms with Crippen LogP contribution in [0.4, 0.5) is 0 Å². The van der Waals surface area contributed by atoms with Crippen molar-refractivity contribution in [1.82, 2.24) is 9.88 Å². The number of benzene rings is 1. The van der Waals surface area contributed by atoms with Crippen molar-refractivity contribution in [1.29, 1.82) is 0 Å². The van der Waals surface area contributed by atoms with Gasteiger partial charge < -0.3 is 10.0 Å². The molecule has 3 heteroatoms. The zero-order valence-corrected chi connectivity index (χ0v) is 11.5. The van der Waals surface area contributed by atoms with Gasteiger partial charge in [-0.25, -0.2) is 0 Å². The first-order valence-electron chi connectivity index (χ1n) is 6.86. The number of hydrogen-bond donors (Lipinski definition) is 1. The lowest BCUT2D eigenvalue weighted by Gasteiger charge is -2.41. The van der Waals surface area contributed by atoms with E-state index in [-0.39, 0.29) is 0 Å². The summed E-state index contributed by atoms with van der Waals surface area (Å²) in [6.45, 7) is 3.10. The number of aromatic nitrogens is 1. The molecule has 0 radical (unpaired) electrons. The van der Waals surface area contributed by atoms with Crippen molar-refractivity contribution in [3.05, 3.63) is 42.1 Å². The highest BCUT2D eigenvalue weighted by molar-refractivity contribution is 5.79. The van der Waals surface area contributed by atoms with Gasteiger partial charge in [0.2, 0.25) is 0 Å². The molecule has 3 rings (SSSR count). The second-order valence-electron chi connectivity index (χ2n) is 5.73. The zero-order chi connectivity index (χ0) is 13.5. The maximum Gasteiger partial charge on any atom is 0.0924 e. The number of aliphatic hydroxyl groups is 1. The van der Waals surface area contributed by atoms with Gasteiger partial charge in [0.25, 0.3) is 0 Å². The van der Waals surface area contributed by atoms with Crippen LogP contribution < -0.4 is 0 Å². The minimum atomic E-state index is -0.711. The lowest BCUT2D eigenvalue weighted by atomic mass is 9.81. The highest BCUT2D eigenvalue weighted by atomic mass is 16.3. The number of hydrogen-bond acceptors (Lipinski definition) is 3. The van der Waals surface area contributed by atoms with Crippen LogP contribution in [0.25, 0.3) is 10.9 Å². The van der Waals surface area contributed by atoms with Crippen LogP contribution in [0.15, 0.2) is 36.5 Å². The number of pyridine rings is 1. The summed E-state index contributed by atoms with van der Waals surface area (Å²) in [7, 11) is 2.12. The lowest BCUT2D eigenvalue weighted by molar-refractivity contribution is -0.0407. The average molecular weight is 256 g/mol. The first-order valence-corrected chi connectivity index (χ1v) is 6.86. The SMILES string of the molecule is CC1CC(O)(c2ccc3cccnc3c2)CCN1C. The molecule has 0 spiro atoms. The van der Waals surface area contributed by atoms with E-state index in [1.54, 1.807) is 6.20 Å². The second-order valence-corrected chi connectivity index (χ2v) is 5.73. The van der Waals surface area contributed by atoms with Gasteiger partial charge in [0.1, 0.15) is 0 Å². The summed E-state index contributed by atoms with van der Waals surface area (Å²) in [5.74, 6) is 0. The Hall–Kier alpha value is -1.45. The average Bonchev–Trinajstić information content (AvgIpc) is 2.43. The summed E-state index contributed by atoms with van der Waals surface area (Å²) in [5.41, 5.74) is 1.25. The molecule has 2 aromatic rings. The molecule has 0 aliphatic carbocycles. The standard InChI is InChI=1S/C16H20N2O/c1-12-11-16(19,7-9-18(12)2)14-6-5-13-4-3-8-17-15(13)10-14/h3-6,8,10,12,19H,7,9,11H2,1-2H3. The molecule has 19 heavy (non-hydrogen) atoms. The number of fused-ring (bicyclic) bond motifs is 1. The second kappa shape index (κ2) is 4.58. The molecule has 2 unspecified atom stereocenters. The maximum atomic E-state index is 10.9. The minimum Gasteiger partial charge on any atom is -0.385 e. The van der Waals surface area contributed by atoms with Gasteiger partial charge >= 0.3 is 0 Å². The van der Waals surface area contributed by atoms with Crippen molar-refractivity contribution in [2.75, 3.05) is 13.6 Å². The summed E-state index contributed by atoms with van der Waals surface area (Å²) >= 11 is 0. The van der Waals surface area contributed by atoms with Crippen LogP contribution in [0.1, 0.15) is 25.3 Å². The first-order chi connectivity index (χ1) is 9.08. The molecular weight excluding hydrogens is 236 g/mol. The van der Waals surface area contributed by atoms with E-state index in [0.717, 1.165) is 35.9 Å². The number of likely N-dealkylation sites (tertiary alicyclic amines) is 1. The van der Waals surface area contributed by atoms with Gasteiger partial charge in [-0.15, -0.1) is 0 Å². The molecule has 1 aromatic heterocycles. The fourth-order valence-electron chi connectivity index (χ4n) is 2.95. The van der Waals surface area contributed by atoms with E-state index < -0.39 is 5.60 Å². The lowest BCUT2D eigenvalue weighted by Crippen LogP contribution is -2.45. The van der Waals surface area contributed by atoms with Crippen LogP contribution in [0, 0.1) is 0 Å². The van der Waals surface area contributed by atoms with Crippen molar-refractivity contribution in [3.8, 4) is 0 Å². The van der Waals surface area contributed by atoms with Gasteiger partial charge in [0.15, 0.2) is 0 Å². The van der Waals surface area contributed by atoms with E-state index in [4.69, 9.17) is 0 Å². The predicted molar refractivity (Wildman–Crippen MR) is 77.0 cm³/mol. The number of rotatable bonds is 1. The van der Waals surface area contributed by atoms with Gasteiger partial charge in [-0.1, -0.05) is 18.2 Å².